The Bertz CT molecular complexity index is 912. The molecular weight excluding hydrogens is 415 g/mol. The van der Waals surface area contributed by atoms with Crippen molar-refractivity contribution in [3.63, 3.8) is 0 Å². The first-order chi connectivity index (χ1) is 15.2. The first-order valence-corrected chi connectivity index (χ1v) is 11.0. The number of allylic oxidation sites excluding steroid dienone is 4. The summed E-state index contributed by atoms with van der Waals surface area (Å²) in [6.45, 7) is 5.36. The summed E-state index contributed by atoms with van der Waals surface area (Å²) in [6, 6.07) is 0.476. The highest BCUT2D eigenvalue weighted by Crippen LogP contribution is 2.44. The topological polar surface area (TPSA) is 97.8 Å². The van der Waals surface area contributed by atoms with Crippen LogP contribution in [0.1, 0.15) is 50.5 Å². The van der Waals surface area contributed by atoms with Crippen LogP contribution in [0.5, 0.6) is 11.5 Å². The van der Waals surface area contributed by atoms with Crippen molar-refractivity contribution in [2.45, 2.75) is 52.2 Å². The number of amides is 1. The van der Waals surface area contributed by atoms with Crippen molar-refractivity contribution in [2.24, 2.45) is 23.7 Å². The van der Waals surface area contributed by atoms with Gasteiger partial charge in [0, 0.05) is 18.2 Å². The zero-order chi connectivity index (χ0) is 23.4. The van der Waals surface area contributed by atoms with Gasteiger partial charge in [-0.25, -0.2) is 14.2 Å². The molecule has 1 aromatic heterocycles. The predicted molar refractivity (Wildman–Crippen MR) is 117 cm³/mol. The summed E-state index contributed by atoms with van der Waals surface area (Å²) < 4.78 is 24.4. The number of aromatic nitrogens is 1. The lowest BCUT2D eigenvalue weighted by molar-refractivity contribution is -0.156. The maximum Gasteiger partial charge on any atom is 0.328 e. The van der Waals surface area contributed by atoms with Gasteiger partial charge >= 0.3 is 5.97 Å². The molecule has 0 bridgehead atoms. The molecule has 2 unspecified atom stereocenters. The van der Waals surface area contributed by atoms with E-state index in [1.54, 1.807) is 6.08 Å². The molecule has 1 saturated carbocycles. The zero-order valence-corrected chi connectivity index (χ0v) is 18.9. The Hall–Kier alpha value is -2.90. The molecule has 32 heavy (non-hydrogen) atoms. The third-order valence-electron chi connectivity index (χ3n) is 6.51. The van der Waals surface area contributed by atoms with Crippen molar-refractivity contribution in [1.82, 2.24) is 10.3 Å². The van der Waals surface area contributed by atoms with Gasteiger partial charge in [0.1, 0.15) is 18.0 Å². The predicted octanol–water partition coefficient (Wildman–Crippen LogP) is 3.94. The van der Waals surface area contributed by atoms with Crippen LogP contribution in [0.15, 0.2) is 36.3 Å². The highest BCUT2D eigenvalue weighted by atomic mass is 19.1. The Kier molecular flexibility index (Phi) is 7.53. The number of halogens is 1. The van der Waals surface area contributed by atoms with Crippen molar-refractivity contribution in [2.75, 3.05) is 7.11 Å². The fraction of sp³-hybridized carbons (Fsp3) is 0.542. The molecule has 0 saturated heterocycles. The third kappa shape index (κ3) is 5.11. The van der Waals surface area contributed by atoms with Gasteiger partial charge in [0.2, 0.25) is 0 Å². The lowest BCUT2D eigenvalue weighted by atomic mass is 9.65. The minimum Gasteiger partial charge on any atom is -0.503 e. The Morgan fingerprint density at radius 1 is 1.31 bits per heavy atom. The normalized spacial score (nSPS) is 23.3. The van der Waals surface area contributed by atoms with Crippen molar-refractivity contribution < 1.29 is 28.6 Å². The maximum atomic E-state index is 13.6. The molecule has 2 aliphatic rings. The lowest BCUT2D eigenvalue weighted by Gasteiger charge is -2.43. The van der Waals surface area contributed by atoms with Gasteiger partial charge < -0.3 is 19.9 Å². The zero-order valence-electron chi connectivity index (χ0n) is 18.9. The number of carbonyl (C=O) groups excluding carboxylic acids is 2. The summed E-state index contributed by atoms with van der Waals surface area (Å²) in [5.74, 6) is -1.26. The second-order valence-corrected chi connectivity index (χ2v) is 8.66. The molecule has 0 aliphatic heterocycles. The number of pyridine rings is 1. The van der Waals surface area contributed by atoms with E-state index < -0.39 is 29.8 Å². The van der Waals surface area contributed by atoms with Crippen LogP contribution in [-0.2, 0) is 9.53 Å². The summed E-state index contributed by atoms with van der Waals surface area (Å²) in [5.41, 5.74) is -0.237. The maximum absolute atomic E-state index is 13.6. The van der Waals surface area contributed by atoms with Crippen LogP contribution in [0, 0.1) is 23.7 Å². The van der Waals surface area contributed by atoms with Gasteiger partial charge in [-0.2, -0.15) is 0 Å². The van der Waals surface area contributed by atoms with Gasteiger partial charge in [0.15, 0.2) is 17.2 Å². The summed E-state index contributed by atoms with van der Waals surface area (Å²) in [6.07, 6.45) is 9.17. The van der Waals surface area contributed by atoms with Gasteiger partial charge in [-0.1, -0.05) is 32.3 Å². The molecule has 2 aliphatic carbocycles. The van der Waals surface area contributed by atoms with Crippen LogP contribution >= 0.6 is 0 Å². The van der Waals surface area contributed by atoms with Crippen LogP contribution in [0.3, 0.4) is 0 Å². The molecule has 7 nitrogen and oxygen atoms in total. The summed E-state index contributed by atoms with van der Waals surface area (Å²) >= 11 is 0. The van der Waals surface area contributed by atoms with Crippen molar-refractivity contribution in [1.29, 1.82) is 0 Å². The molecule has 174 valence electrons. The van der Waals surface area contributed by atoms with E-state index in [4.69, 9.17) is 9.47 Å². The van der Waals surface area contributed by atoms with Gasteiger partial charge in [0.25, 0.3) is 5.91 Å². The minimum atomic E-state index is -0.948. The number of nitrogens with zero attached hydrogens (tertiary/aromatic N) is 1. The highest BCUT2D eigenvalue weighted by molar-refractivity contribution is 5.97. The average molecular weight is 447 g/mol. The SMILES string of the molecule is COc1ccnc(C(=O)N[C@@H](C)C(=O)O[C@@H](C)[C@H](C2CCC2)C2C=CC(F)=CC2C)c1O. The number of aromatic hydroxyl groups is 1. The molecule has 2 N–H and O–H groups in total. The number of rotatable bonds is 8. The molecule has 3 rings (SSSR count). The van der Waals surface area contributed by atoms with E-state index in [-0.39, 0.29) is 35.0 Å². The van der Waals surface area contributed by atoms with E-state index in [0.29, 0.717) is 5.92 Å². The number of carbonyl (C=O) groups is 2. The molecule has 0 aromatic carbocycles. The molecule has 8 heteroatoms. The van der Waals surface area contributed by atoms with Gasteiger partial charge in [-0.05, 0) is 43.8 Å². The van der Waals surface area contributed by atoms with Crippen molar-refractivity contribution >= 4 is 11.9 Å². The summed E-state index contributed by atoms with van der Waals surface area (Å²) in [5, 5.41) is 12.6. The van der Waals surface area contributed by atoms with E-state index in [1.165, 1.54) is 32.4 Å². The number of ether oxygens (including phenoxy) is 2. The van der Waals surface area contributed by atoms with Crippen LogP contribution in [0.2, 0.25) is 0 Å². The minimum absolute atomic E-state index is 0.00555. The fourth-order valence-electron chi connectivity index (χ4n) is 4.57. The second-order valence-electron chi connectivity index (χ2n) is 8.66. The highest BCUT2D eigenvalue weighted by Gasteiger charge is 2.40. The number of nitrogens with one attached hydrogen (secondary N) is 1. The van der Waals surface area contributed by atoms with Crippen molar-refractivity contribution in [3.05, 3.63) is 42.0 Å². The van der Waals surface area contributed by atoms with Crippen LogP contribution < -0.4 is 10.1 Å². The largest absolute Gasteiger partial charge is 0.503 e. The molecular formula is C24H31FN2O5. The summed E-state index contributed by atoms with van der Waals surface area (Å²) in [7, 11) is 1.36. The summed E-state index contributed by atoms with van der Waals surface area (Å²) in [4.78, 5) is 29.1. The number of methoxy groups -OCH3 is 1. The van der Waals surface area contributed by atoms with Gasteiger partial charge in [-0.15, -0.1) is 0 Å². The molecule has 1 amide bonds. The number of esters is 1. The first kappa shape index (κ1) is 23.8. The molecule has 1 heterocycles. The molecule has 5 atom stereocenters. The Morgan fingerprint density at radius 3 is 2.62 bits per heavy atom. The average Bonchev–Trinajstić information content (AvgIpc) is 2.71. The molecule has 1 fully saturated rings. The van der Waals surface area contributed by atoms with Gasteiger partial charge in [-0.3, -0.25) is 4.79 Å². The first-order valence-electron chi connectivity index (χ1n) is 11.0. The lowest BCUT2D eigenvalue weighted by Crippen LogP contribution is -2.45. The standard InChI is InChI=1S/C24H31FN2O5/c1-13-12-17(25)8-9-18(13)20(16-6-5-7-16)15(3)32-24(30)14(2)27-23(29)21-22(28)19(31-4)10-11-26-21/h8-16,18,20,28H,5-7H2,1-4H3,(H,27,29)/t13?,14-,15-,18?,20+/m0/s1. The van der Waals surface area contributed by atoms with Gasteiger partial charge in [0.05, 0.1) is 7.11 Å². The van der Waals surface area contributed by atoms with Crippen LogP contribution in [0.4, 0.5) is 4.39 Å². The van der Waals surface area contributed by atoms with E-state index in [2.05, 4.69) is 10.3 Å². The van der Waals surface area contributed by atoms with E-state index in [0.717, 1.165) is 19.3 Å². The van der Waals surface area contributed by atoms with Crippen molar-refractivity contribution in [3.8, 4) is 11.5 Å². The van der Waals surface area contributed by atoms with E-state index in [9.17, 15) is 19.1 Å². The molecule has 0 spiro atoms. The van der Waals surface area contributed by atoms with Crippen LogP contribution in [-0.4, -0.2) is 41.2 Å². The second kappa shape index (κ2) is 10.1. The Balaban J connectivity index is 1.65. The van der Waals surface area contributed by atoms with E-state index in [1.807, 2.05) is 19.9 Å². The quantitative estimate of drug-likeness (QED) is 0.587. The van der Waals surface area contributed by atoms with E-state index >= 15 is 0 Å². The molecule has 1 aromatic rings. The number of hydrogen-bond donors (Lipinski definition) is 2. The molecule has 0 radical (unpaired) electrons. The van der Waals surface area contributed by atoms with Crippen LogP contribution in [0.25, 0.3) is 0 Å². The Labute approximate surface area is 187 Å². The third-order valence-corrected chi connectivity index (χ3v) is 6.51. The Morgan fingerprint density at radius 2 is 2.03 bits per heavy atom. The smallest absolute Gasteiger partial charge is 0.328 e. The number of hydrogen-bond acceptors (Lipinski definition) is 6. The monoisotopic (exact) mass is 446 g/mol. The fourth-order valence-corrected chi connectivity index (χ4v) is 4.57.